The Morgan fingerprint density at radius 1 is 1.33 bits per heavy atom. The lowest BCUT2D eigenvalue weighted by Gasteiger charge is -2.05. The Balaban J connectivity index is 1.73. The van der Waals surface area contributed by atoms with E-state index in [0.717, 1.165) is 42.7 Å². The molecule has 0 spiro atoms. The molecule has 2 aliphatic rings. The molecule has 1 saturated carbocycles. The molecule has 1 aliphatic heterocycles. The molecule has 0 bridgehead atoms. The summed E-state index contributed by atoms with van der Waals surface area (Å²) in [7, 11) is 0. The highest BCUT2D eigenvalue weighted by Crippen LogP contribution is 2.33. The number of hydrogen-bond donors (Lipinski definition) is 1. The van der Waals surface area contributed by atoms with E-state index in [4.69, 9.17) is 0 Å². The lowest BCUT2D eigenvalue weighted by Crippen LogP contribution is -2.03. The first-order valence-corrected chi connectivity index (χ1v) is 6.80. The van der Waals surface area contributed by atoms with E-state index in [1.807, 2.05) is 0 Å². The summed E-state index contributed by atoms with van der Waals surface area (Å²) in [5.74, 6) is 1.92. The Morgan fingerprint density at radius 2 is 2.22 bits per heavy atom. The first-order valence-electron chi connectivity index (χ1n) is 6.80. The van der Waals surface area contributed by atoms with Crippen LogP contribution >= 0.6 is 0 Å². The van der Waals surface area contributed by atoms with E-state index >= 15 is 0 Å². The monoisotopic (exact) mass is 241 g/mol. The molecule has 0 saturated heterocycles. The van der Waals surface area contributed by atoms with Crippen molar-refractivity contribution < 1.29 is 0 Å². The molecule has 0 aromatic heterocycles. The van der Waals surface area contributed by atoms with Crippen LogP contribution < -0.4 is 5.32 Å². The summed E-state index contributed by atoms with van der Waals surface area (Å²) in [4.78, 5) is 9.22. The van der Waals surface area contributed by atoms with Gasteiger partial charge in [-0.1, -0.05) is 12.1 Å². The maximum absolute atomic E-state index is 4.68. The number of rotatable bonds is 5. The summed E-state index contributed by atoms with van der Waals surface area (Å²) in [5.41, 5.74) is 3.47. The summed E-state index contributed by atoms with van der Waals surface area (Å²) in [6.07, 6.45) is 3.80. The normalized spacial score (nSPS) is 18.5. The van der Waals surface area contributed by atoms with E-state index in [1.54, 1.807) is 0 Å². The Morgan fingerprint density at radius 3 is 3.00 bits per heavy atom. The van der Waals surface area contributed by atoms with Crippen LogP contribution in [0.5, 0.6) is 0 Å². The second kappa shape index (κ2) is 4.92. The van der Waals surface area contributed by atoms with Gasteiger partial charge in [0.05, 0.1) is 12.3 Å². The fraction of sp³-hybridized carbons (Fsp3) is 0.467. The number of benzene rings is 1. The van der Waals surface area contributed by atoms with Crippen LogP contribution in [0.3, 0.4) is 0 Å². The lowest BCUT2D eigenvalue weighted by molar-refractivity contribution is 0.888. The summed E-state index contributed by atoms with van der Waals surface area (Å²) in [6, 6.07) is 8.45. The second-order valence-corrected chi connectivity index (χ2v) is 5.05. The van der Waals surface area contributed by atoms with E-state index in [1.165, 1.54) is 18.4 Å². The number of hydrogen-bond acceptors (Lipinski definition) is 3. The van der Waals surface area contributed by atoms with Crippen LogP contribution in [-0.2, 0) is 0 Å². The van der Waals surface area contributed by atoms with E-state index in [2.05, 4.69) is 46.5 Å². The van der Waals surface area contributed by atoms with Crippen LogP contribution in [0.15, 0.2) is 34.3 Å². The van der Waals surface area contributed by atoms with Crippen LogP contribution in [0.25, 0.3) is 0 Å². The van der Waals surface area contributed by atoms with Gasteiger partial charge in [0, 0.05) is 18.7 Å². The average Bonchev–Trinajstić information content (AvgIpc) is 3.06. The van der Waals surface area contributed by atoms with Gasteiger partial charge in [-0.25, -0.2) is 4.99 Å². The van der Waals surface area contributed by atoms with Gasteiger partial charge in [-0.05, 0) is 43.4 Å². The minimum atomic E-state index is 0.748. The Labute approximate surface area is 108 Å². The smallest absolute Gasteiger partial charge is 0.124 e. The second-order valence-electron chi connectivity index (χ2n) is 5.05. The molecule has 1 heterocycles. The van der Waals surface area contributed by atoms with Gasteiger partial charge in [0.25, 0.3) is 0 Å². The Kier molecular flexibility index (Phi) is 3.13. The van der Waals surface area contributed by atoms with Gasteiger partial charge in [0.2, 0.25) is 0 Å². The van der Waals surface area contributed by atoms with E-state index in [0.29, 0.717) is 0 Å². The van der Waals surface area contributed by atoms with Crippen molar-refractivity contribution in [3.05, 3.63) is 29.8 Å². The van der Waals surface area contributed by atoms with Crippen LogP contribution in [0.4, 0.5) is 5.69 Å². The molecule has 3 rings (SSSR count). The molecule has 3 heteroatoms. The van der Waals surface area contributed by atoms with E-state index in [9.17, 15) is 0 Å². The molecule has 1 aliphatic carbocycles. The van der Waals surface area contributed by atoms with Crippen molar-refractivity contribution in [1.82, 2.24) is 0 Å². The minimum absolute atomic E-state index is 0.748. The molecule has 18 heavy (non-hydrogen) atoms. The van der Waals surface area contributed by atoms with Crippen molar-refractivity contribution in [3.63, 3.8) is 0 Å². The van der Waals surface area contributed by atoms with Crippen LogP contribution in [-0.4, -0.2) is 24.6 Å². The van der Waals surface area contributed by atoms with Crippen LogP contribution in [0.1, 0.15) is 31.7 Å². The maximum atomic E-state index is 4.68. The number of anilines is 1. The molecular weight excluding hydrogens is 222 g/mol. The molecular formula is C15H19N3. The highest BCUT2D eigenvalue weighted by molar-refractivity contribution is 6.12. The number of nitrogens with zero attached hydrogens (tertiary/aromatic N) is 2. The van der Waals surface area contributed by atoms with Crippen molar-refractivity contribution >= 4 is 17.2 Å². The molecule has 94 valence electrons. The molecule has 0 atom stereocenters. The van der Waals surface area contributed by atoms with Gasteiger partial charge in [0.15, 0.2) is 0 Å². The van der Waals surface area contributed by atoms with Crippen molar-refractivity contribution in [2.45, 2.75) is 26.2 Å². The fourth-order valence-corrected chi connectivity index (χ4v) is 2.25. The molecule has 1 N–H and O–H groups in total. The summed E-state index contributed by atoms with van der Waals surface area (Å²) < 4.78 is 0. The summed E-state index contributed by atoms with van der Waals surface area (Å²) >= 11 is 0. The highest BCUT2D eigenvalue weighted by Gasteiger charge is 2.25. The van der Waals surface area contributed by atoms with Gasteiger partial charge < -0.3 is 5.32 Å². The predicted octanol–water partition coefficient (Wildman–Crippen LogP) is 3.12. The van der Waals surface area contributed by atoms with Gasteiger partial charge in [-0.15, -0.1) is 0 Å². The summed E-state index contributed by atoms with van der Waals surface area (Å²) in [5, 5.41) is 3.33. The van der Waals surface area contributed by atoms with Gasteiger partial charge in [0.1, 0.15) is 5.84 Å². The van der Waals surface area contributed by atoms with Crippen molar-refractivity contribution in [2.75, 3.05) is 18.4 Å². The predicted molar refractivity (Wildman–Crippen MR) is 76.8 cm³/mol. The first kappa shape index (κ1) is 11.5. The maximum Gasteiger partial charge on any atom is 0.124 e. The molecule has 0 amide bonds. The van der Waals surface area contributed by atoms with Crippen LogP contribution in [0.2, 0.25) is 0 Å². The molecule has 0 unspecified atom stereocenters. The van der Waals surface area contributed by atoms with E-state index < -0.39 is 0 Å². The zero-order valence-electron chi connectivity index (χ0n) is 10.8. The number of nitrogens with one attached hydrogen (secondary N) is 1. The van der Waals surface area contributed by atoms with Crippen molar-refractivity contribution in [1.29, 1.82) is 0 Å². The largest absolute Gasteiger partial charge is 0.385 e. The van der Waals surface area contributed by atoms with E-state index in [-0.39, 0.29) is 0 Å². The minimum Gasteiger partial charge on any atom is -0.385 e. The molecule has 0 radical (unpaired) electrons. The Hall–Kier alpha value is -1.64. The standard InChI is InChI=1S/C15H19N3/c1-2-16-13-5-3-4-12(9-13)14-10-17-15(18-14)8-11-6-7-11/h3-5,9,11,16H,2,6-8,10H2,1H3. The zero-order chi connectivity index (χ0) is 12.4. The third-order valence-electron chi connectivity index (χ3n) is 3.42. The molecule has 1 fully saturated rings. The quantitative estimate of drug-likeness (QED) is 0.845. The van der Waals surface area contributed by atoms with Gasteiger partial charge in [-0.2, -0.15) is 0 Å². The fourth-order valence-electron chi connectivity index (χ4n) is 2.25. The van der Waals surface area contributed by atoms with Gasteiger partial charge in [-0.3, -0.25) is 4.99 Å². The van der Waals surface area contributed by atoms with Crippen LogP contribution in [0, 0.1) is 5.92 Å². The van der Waals surface area contributed by atoms with Crippen molar-refractivity contribution in [3.8, 4) is 0 Å². The third kappa shape index (κ3) is 2.61. The van der Waals surface area contributed by atoms with Crippen molar-refractivity contribution in [2.24, 2.45) is 15.9 Å². The SMILES string of the molecule is CCNc1cccc(C2=NC(CC3CC3)=NC2)c1. The zero-order valence-corrected chi connectivity index (χ0v) is 10.8. The number of aliphatic imine (C=N–C) groups is 2. The number of amidine groups is 1. The lowest BCUT2D eigenvalue weighted by atomic mass is 10.1. The molecule has 1 aromatic carbocycles. The molecule has 1 aromatic rings. The topological polar surface area (TPSA) is 36.8 Å². The highest BCUT2D eigenvalue weighted by atomic mass is 15.0. The Bertz CT molecular complexity index is 498. The average molecular weight is 241 g/mol. The third-order valence-corrected chi connectivity index (χ3v) is 3.42. The summed E-state index contributed by atoms with van der Waals surface area (Å²) in [6.45, 7) is 3.80. The molecule has 3 nitrogen and oxygen atoms in total. The van der Waals surface area contributed by atoms with Gasteiger partial charge >= 0.3 is 0 Å². The first-order chi connectivity index (χ1) is 8.85.